The monoisotopic (exact) mass is 371 g/mol. The molecular weight excluding hydrogens is 334 g/mol. The molecule has 3 nitrogen and oxygen atoms in total. The van der Waals surface area contributed by atoms with E-state index in [9.17, 15) is 5.11 Å². The van der Waals surface area contributed by atoms with Crippen LogP contribution < -0.4 is 5.73 Å². The van der Waals surface area contributed by atoms with Gasteiger partial charge in [0, 0.05) is 12.0 Å². The maximum Gasteiger partial charge on any atom is 0.0729 e. The molecule has 4 atom stereocenters. The first-order chi connectivity index (χ1) is 13.0. The fourth-order valence-corrected chi connectivity index (χ4v) is 5.76. The van der Waals surface area contributed by atoms with Gasteiger partial charge >= 0.3 is 0 Å². The van der Waals surface area contributed by atoms with E-state index in [4.69, 9.17) is 10.5 Å². The van der Waals surface area contributed by atoms with Crippen molar-refractivity contribution in [3.8, 4) is 0 Å². The zero-order chi connectivity index (χ0) is 18.9. The molecule has 1 saturated heterocycles. The number of benzene rings is 1. The third-order valence-electron chi connectivity index (χ3n) is 7.48. The lowest BCUT2D eigenvalue weighted by Crippen LogP contribution is -2.45. The molecule has 1 aromatic carbocycles. The van der Waals surface area contributed by atoms with Gasteiger partial charge in [-0.1, -0.05) is 38.0 Å². The van der Waals surface area contributed by atoms with Crippen molar-refractivity contribution in [3.05, 3.63) is 34.9 Å². The largest absolute Gasteiger partial charge is 0.394 e. The van der Waals surface area contributed by atoms with Gasteiger partial charge in [0.2, 0.25) is 0 Å². The SMILES string of the molecule is CCCCC1CCCC2(CCc3cc([C@H]4CC[C@@](N)(CO)C4)ccc3C2)O1. The van der Waals surface area contributed by atoms with E-state index in [1.54, 1.807) is 0 Å². The summed E-state index contributed by atoms with van der Waals surface area (Å²) in [5.41, 5.74) is 10.5. The lowest BCUT2D eigenvalue weighted by Gasteiger charge is -2.44. The molecule has 1 aromatic rings. The minimum Gasteiger partial charge on any atom is -0.394 e. The van der Waals surface area contributed by atoms with Crippen LogP contribution in [0.15, 0.2) is 18.2 Å². The number of aliphatic hydroxyl groups excluding tert-OH is 1. The van der Waals surface area contributed by atoms with E-state index in [0.717, 1.165) is 32.1 Å². The van der Waals surface area contributed by atoms with Crippen LogP contribution in [0.3, 0.4) is 0 Å². The summed E-state index contributed by atoms with van der Waals surface area (Å²) in [5.74, 6) is 0.507. The van der Waals surface area contributed by atoms with Crippen LogP contribution >= 0.6 is 0 Å². The van der Waals surface area contributed by atoms with Crippen LogP contribution in [0.1, 0.15) is 93.7 Å². The maximum atomic E-state index is 9.56. The highest BCUT2D eigenvalue weighted by atomic mass is 16.5. The van der Waals surface area contributed by atoms with Crippen LogP contribution in [-0.4, -0.2) is 29.0 Å². The molecule has 4 rings (SSSR count). The maximum absolute atomic E-state index is 9.56. The average Bonchev–Trinajstić information content (AvgIpc) is 3.09. The van der Waals surface area contributed by atoms with Crippen LogP contribution in [-0.2, 0) is 17.6 Å². The first-order valence-electron chi connectivity index (χ1n) is 11.2. The van der Waals surface area contributed by atoms with Crippen molar-refractivity contribution in [2.24, 2.45) is 5.73 Å². The molecule has 0 bridgehead atoms. The van der Waals surface area contributed by atoms with E-state index in [1.807, 2.05) is 0 Å². The van der Waals surface area contributed by atoms with Gasteiger partial charge in [0.05, 0.1) is 18.3 Å². The summed E-state index contributed by atoms with van der Waals surface area (Å²) in [7, 11) is 0. The van der Waals surface area contributed by atoms with E-state index in [0.29, 0.717) is 12.0 Å². The van der Waals surface area contributed by atoms with Crippen molar-refractivity contribution in [3.63, 3.8) is 0 Å². The normalized spacial score (nSPS) is 36.1. The zero-order valence-electron chi connectivity index (χ0n) is 17.0. The predicted octanol–water partition coefficient (Wildman–Crippen LogP) is 4.63. The highest BCUT2D eigenvalue weighted by Gasteiger charge is 2.40. The van der Waals surface area contributed by atoms with Crippen molar-refractivity contribution < 1.29 is 9.84 Å². The molecular formula is C24H37NO2. The van der Waals surface area contributed by atoms with Crippen LogP contribution in [0.25, 0.3) is 0 Å². The number of aryl methyl sites for hydroxylation is 1. The van der Waals surface area contributed by atoms with Gasteiger partial charge in [-0.15, -0.1) is 0 Å². The van der Waals surface area contributed by atoms with Gasteiger partial charge in [-0.3, -0.25) is 0 Å². The highest BCUT2D eigenvalue weighted by molar-refractivity contribution is 5.38. The quantitative estimate of drug-likeness (QED) is 0.793. The Morgan fingerprint density at radius 1 is 1.19 bits per heavy atom. The van der Waals surface area contributed by atoms with E-state index < -0.39 is 0 Å². The standard InChI is InChI=1S/C24H37NO2/c1-2-3-5-22-6-4-11-24(27-22)13-10-19-14-18(7-8-20(19)16-24)21-9-12-23(25,15-21)17-26/h7-8,14,21-22,26H,2-6,9-13,15-17,25H2,1H3/t21-,22?,23-,24?/m0/s1. The van der Waals surface area contributed by atoms with Gasteiger partial charge in [-0.25, -0.2) is 0 Å². The van der Waals surface area contributed by atoms with E-state index in [-0.39, 0.29) is 17.7 Å². The van der Waals surface area contributed by atoms with E-state index >= 15 is 0 Å². The molecule has 1 heterocycles. The first-order valence-corrected chi connectivity index (χ1v) is 11.2. The summed E-state index contributed by atoms with van der Waals surface area (Å²) in [6.45, 7) is 2.38. The molecule has 27 heavy (non-hydrogen) atoms. The van der Waals surface area contributed by atoms with Gasteiger partial charge in [0.15, 0.2) is 0 Å². The molecule has 2 aliphatic carbocycles. The molecule has 1 saturated carbocycles. The van der Waals surface area contributed by atoms with Crippen LogP contribution in [0, 0.1) is 0 Å². The molecule has 0 amide bonds. The minimum atomic E-state index is -0.367. The Morgan fingerprint density at radius 2 is 2.07 bits per heavy atom. The molecule has 3 heteroatoms. The number of hydrogen-bond acceptors (Lipinski definition) is 3. The molecule has 1 aliphatic heterocycles. The lowest BCUT2D eigenvalue weighted by molar-refractivity contribution is -0.137. The van der Waals surface area contributed by atoms with Gasteiger partial charge in [0.25, 0.3) is 0 Å². The molecule has 3 aliphatic rings. The number of aliphatic hydroxyl groups is 1. The number of ether oxygens (including phenoxy) is 1. The summed E-state index contributed by atoms with van der Waals surface area (Å²) in [6, 6.07) is 7.12. The topological polar surface area (TPSA) is 55.5 Å². The summed E-state index contributed by atoms with van der Waals surface area (Å²) >= 11 is 0. The lowest BCUT2D eigenvalue weighted by atomic mass is 9.75. The van der Waals surface area contributed by atoms with Crippen LogP contribution in [0.2, 0.25) is 0 Å². The second-order valence-corrected chi connectivity index (χ2v) is 9.62. The number of nitrogens with two attached hydrogens (primary N) is 1. The van der Waals surface area contributed by atoms with Crippen molar-refractivity contribution in [1.29, 1.82) is 0 Å². The highest BCUT2D eigenvalue weighted by Crippen LogP contribution is 2.43. The van der Waals surface area contributed by atoms with Gasteiger partial charge < -0.3 is 15.6 Å². The fourth-order valence-electron chi connectivity index (χ4n) is 5.76. The second kappa shape index (κ2) is 7.85. The average molecular weight is 372 g/mol. The molecule has 3 N–H and O–H groups in total. The number of unbranched alkanes of at least 4 members (excludes halogenated alkanes) is 1. The summed E-state index contributed by atoms with van der Waals surface area (Å²) < 4.78 is 6.70. The number of rotatable bonds is 5. The minimum absolute atomic E-state index is 0.0990. The van der Waals surface area contributed by atoms with E-state index in [2.05, 4.69) is 25.1 Å². The van der Waals surface area contributed by atoms with Crippen LogP contribution in [0.5, 0.6) is 0 Å². The smallest absolute Gasteiger partial charge is 0.0729 e. The molecule has 1 spiro atoms. The Kier molecular flexibility index (Phi) is 5.64. The van der Waals surface area contributed by atoms with Crippen molar-refractivity contribution in [1.82, 2.24) is 0 Å². The Morgan fingerprint density at radius 3 is 2.85 bits per heavy atom. The third-order valence-corrected chi connectivity index (χ3v) is 7.48. The Bertz CT molecular complexity index is 660. The number of hydrogen-bond donors (Lipinski definition) is 2. The summed E-state index contributed by atoms with van der Waals surface area (Å²) in [6.07, 6.45) is 14.4. The summed E-state index contributed by atoms with van der Waals surface area (Å²) in [4.78, 5) is 0. The predicted molar refractivity (Wildman–Crippen MR) is 110 cm³/mol. The molecule has 0 radical (unpaired) electrons. The fraction of sp³-hybridized carbons (Fsp3) is 0.750. The molecule has 0 aromatic heterocycles. The Hall–Kier alpha value is -0.900. The first kappa shape index (κ1) is 19.4. The van der Waals surface area contributed by atoms with Gasteiger partial charge in [0.1, 0.15) is 0 Å². The Labute approximate surface area is 164 Å². The second-order valence-electron chi connectivity index (χ2n) is 9.62. The van der Waals surface area contributed by atoms with Gasteiger partial charge in [-0.05, 0) is 80.4 Å². The molecule has 2 fully saturated rings. The zero-order valence-corrected chi connectivity index (χ0v) is 17.0. The Balaban J connectivity index is 1.45. The number of fused-ring (bicyclic) bond motifs is 1. The van der Waals surface area contributed by atoms with Crippen molar-refractivity contribution in [2.75, 3.05) is 6.61 Å². The summed E-state index contributed by atoms with van der Waals surface area (Å²) in [5, 5.41) is 9.56. The van der Waals surface area contributed by atoms with E-state index in [1.165, 1.54) is 61.6 Å². The van der Waals surface area contributed by atoms with Gasteiger partial charge in [-0.2, -0.15) is 0 Å². The van der Waals surface area contributed by atoms with Crippen molar-refractivity contribution in [2.45, 2.75) is 107 Å². The molecule has 2 unspecified atom stereocenters. The molecule has 150 valence electrons. The van der Waals surface area contributed by atoms with Crippen molar-refractivity contribution >= 4 is 0 Å². The third kappa shape index (κ3) is 4.11. The van der Waals surface area contributed by atoms with Crippen LogP contribution in [0.4, 0.5) is 0 Å².